The van der Waals surface area contributed by atoms with Crippen molar-refractivity contribution in [3.8, 4) is 0 Å². The van der Waals surface area contributed by atoms with Gasteiger partial charge in [0.05, 0.1) is 12.1 Å². The number of nitrogens with zero attached hydrogens (tertiary/aromatic N) is 1. The third kappa shape index (κ3) is 4.33. The van der Waals surface area contributed by atoms with Crippen LogP contribution in [0.1, 0.15) is 29.5 Å². The molecule has 0 saturated carbocycles. The smallest absolute Gasteiger partial charge is 0.224 e. The number of nitrogens with one attached hydrogen (secondary N) is 1. The first-order valence-corrected chi connectivity index (χ1v) is 7.29. The standard InChI is InChI=1S/C16H19ClN2O2/c1-10(7-13-5-4-6-14(17)8-13)18-16(20)9-15-11(2)19-21-12(15)3/h4-6,8,10H,7,9H2,1-3H3,(H,18,20). The summed E-state index contributed by atoms with van der Waals surface area (Å²) in [5.41, 5.74) is 2.74. The number of benzene rings is 1. The number of carbonyl (C=O) groups is 1. The van der Waals surface area contributed by atoms with Gasteiger partial charge in [-0.15, -0.1) is 0 Å². The Hall–Kier alpha value is -1.81. The van der Waals surface area contributed by atoms with Gasteiger partial charge in [-0.05, 0) is 44.9 Å². The maximum Gasteiger partial charge on any atom is 0.224 e. The third-order valence-electron chi connectivity index (χ3n) is 3.36. The van der Waals surface area contributed by atoms with Gasteiger partial charge in [-0.3, -0.25) is 4.79 Å². The maximum absolute atomic E-state index is 12.1. The minimum Gasteiger partial charge on any atom is -0.361 e. The predicted molar refractivity (Wildman–Crippen MR) is 82.4 cm³/mol. The van der Waals surface area contributed by atoms with Gasteiger partial charge in [0, 0.05) is 16.6 Å². The molecule has 1 atom stereocenters. The zero-order valence-electron chi connectivity index (χ0n) is 12.4. The fourth-order valence-corrected chi connectivity index (χ4v) is 2.52. The van der Waals surface area contributed by atoms with Crippen LogP contribution in [0, 0.1) is 13.8 Å². The normalized spacial score (nSPS) is 12.2. The molecule has 1 aromatic heterocycles. The number of amides is 1. The number of halogens is 1. The van der Waals surface area contributed by atoms with Gasteiger partial charge in [-0.25, -0.2) is 0 Å². The second-order valence-electron chi connectivity index (χ2n) is 5.28. The van der Waals surface area contributed by atoms with Crippen LogP contribution in [0.25, 0.3) is 0 Å². The molecule has 0 bridgehead atoms. The summed E-state index contributed by atoms with van der Waals surface area (Å²) in [6.07, 6.45) is 1.04. The van der Waals surface area contributed by atoms with Crippen LogP contribution in [0.2, 0.25) is 5.02 Å². The molecule has 1 unspecified atom stereocenters. The summed E-state index contributed by atoms with van der Waals surface area (Å²) in [6, 6.07) is 7.71. The van der Waals surface area contributed by atoms with Crippen molar-refractivity contribution in [3.05, 3.63) is 51.9 Å². The highest BCUT2D eigenvalue weighted by atomic mass is 35.5. The number of carbonyl (C=O) groups excluding carboxylic acids is 1. The molecular formula is C16H19ClN2O2. The molecule has 2 rings (SSSR count). The van der Waals surface area contributed by atoms with Gasteiger partial charge in [0.2, 0.25) is 5.91 Å². The number of aromatic nitrogens is 1. The maximum atomic E-state index is 12.1. The molecule has 5 heteroatoms. The van der Waals surface area contributed by atoms with Crippen molar-refractivity contribution in [2.45, 2.75) is 39.7 Å². The van der Waals surface area contributed by atoms with Gasteiger partial charge in [0.25, 0.3) is 0 Å². The van der Waals surface area contributed by atoms with E-state index in [1.807, 2.05) is 45.0 Å². The lowest BCUT2D eigenvalue weighted by molar-refractivity contribution is -0.121. The van der Waals surface area contributed by atoms with Crippen molar-refractivity contribution < 1.29 is 9.32 Å². The Morgan fingerprint density at radius 1 is 1.43 bits per heavy atom. The highest BCUT2D eigenvalue weighted by Gasteiger charge is 2.15. The van der Waals surface area contributed by atoms with E-state index in [9.17, 15) is 4.79 Å². The monoisotopic (exact) mass is 306 g/mol. The molecule has 4 nitrogen and oxygen atoms in total. The molecule has 21 heavy (non-hydrogen) atoms. The number of rotatable bonds is 5. The Morgan fingerprint density at radius 2 is 2.19 bits per heavy atom. The zero-order valence-corrected chi connectivity index (χ0v) is 13.2. The van der Waals surface area contributed by atoms with Gasteiger partial charge < -0.3 is 9.84 Å². The lowest BCUT2D eigenvalue weighted by Gasteiger charge is -2.14. The molecule has 1 N–H and O–H groups in total. The molecule has 1 heterocycles. The summed E-state index contributed by atoms with van der Waals surface area (Å²) in [5, 5.41) is 7.56. The van der Waals surface area contributed by atoms with Gasteiger partial charge in [-0.2, -0.15) is 0 Å². The minimum atomic E-state index is -0.0288. The van der Waals surface area contributed by atoms with E-state index in [-0.39, 0.29) is 11.9 Å². The number of hydrogen-bond acceptors (Lipinski definition) is 3. The molecule has 112 valence electrons. The molecule has 0 aliphatic rings. The first-order valence-electron chi connectivity index (χ1n) is 6.91. The first kappa shape index (κ1) is 15.6. The molecule has 1 amide bonds. The van der Waals surface area contributed by atoms with E-state index in [1.165, 1.54) is 0 Å². The summed E-state index contributed by atoms with van der Waals surface area (Å²) < 4.78 is 5.07. The second kappa shape index (κ2) is 6.76. The highest BCUT2D eigenvalue weighted by molar-refractivity contribution is 6.30. The van der Waals surface area contributed by atoms with Crippen molar-refractivity contribution in [2.75, 3.05) is 0 Å². The van der Waals surface area contributed by atoms with Gasteiger partial charge in [0.1, 0.15) is 5.76 Å². The van der Waals surface area contributed by atoms with E-state index in [4.69, 9.17) is 16.1 Å². The molecule has 0 fully saturated rings. The summed E-state index contributed by atoms with van der Waals surface area (Å²) in [6.45, 7) is 5.64. The second-order valence-corrected chi connectivity index (χ2v) is 5.72. The molecule has 0 aliphatic carbocycles. The van der Waals surface area contributed by atoms with Crippen molar-refractivity contribution >= 4 is 17.5 Å². The summed E-state index contributed by atoms with van der Waals surface area (Å²) in [4.78, 5) is 12.1. The molecule has 0 spiro atoms. The van der Waals surface area contributed by atoms with Crippen LogP contribution in [0.5, 0.6) is 0 Å². The quantitative estimate of drug-likeness (QED) is 0.922. The molecular weight excluding hydrogens is 288 g/mol. The van der Waals surface area contributed by atoms with Gasteiger partial charge >= 0.3 is 0 Å². The summed E-state index contributed by atoms with van der Waals surface area (Å²) >= 11 is 5.96. The van der Waals surface area contributed by atoms with Gasteiger partial charge in [0.15, 0.2) is 0 Å². The molecule has 0 saturated heterocycles. The molecule has 1 aromatic carbocycles. The Bertz CT molecular complexity index is 617. The Kier molecular flexibility index (Phi) is 5.02. The van der Waals surface area contributed by atoms with Gasteiger partial charge in [-0.1, -0.05) is 28.9 Å². The number of hydrogen-bond donors (Lipinski definition) is 1. The molecule has 0 radical (unpaired) electrons. The van der Waals surface area contributed by atoms with Crippen LogP contribution in [-0.4, -0.2) is 17.1 Å². The van der Waals surface area contributed by atoms with E-state index in [0.29, 0.717) is 17.2 Å². The lowest BCUT2D eigenvalue weighted by Crippen LogP contribution is -2.35. The average molecular weight is 307 g/mol. The Morgan fingerprint density at radius 3 is 2.81 bits per heavy atom. The van der Waals surface area contributed by atoms with Crippen LogP contribution in [0.15, 0.2) is 28.8 Å². The zero-order chi connectivity index (χ0) is 15.4. The van der Waals surface area contributed by atoms with E-state index in [1.54, 1.807) is 0 Å². The van der Waals surface area contributed by atoms with Crippen LogP contribution >= 0.6 is 11.6 Å². The molecule has 2 aromatic rings. The first-order chi connectivity index (χ1) is 9.95. The average Bonchev–Trinajstić information content (AvgIpc) is 2.70. The predicted octanol–water partition coefficient (Wildman–Crippen LogP) is 3.23. The summed E-state index contributed by atoms with van der Waals surface area (Å²) in [7, 11) is 0. The topological polar surface area (TPSA) is 55.1 Å². The van der Waals surface area contributed by atoms with E-state index in [0.717, 1.165) is 23.2 Å². The molecule has 0 aliphatic heterocycles. The number of aryl methyl sites for hydroxylation is 2. The summed E-state index contributed by atoms with van der Waals surface area (Å²) in [5.74, 6) is 0.670. The van der Waals surface area contributed by atoms with Crippen molar-refractivity contribution in [1.29, 1.82) is 0 Å². The van der Waals surface area contributed by atoms with E-state index in [2.05, 4.69) is 10.5 Å². The van der Waals surface area contributed by atoms with Crippen LogP contribution in [0.4, 0.5) is 0 Å². The van der Waals surface area contributed by atoms with Crippen molar-refractivity contribution in [2.24, 2.45) is 0 Å². The minimum absolute atomic E-state index is 0.0288. The highest BCUT2D eigenvalue weighted by Crippen LogP contribution is 2.14. The Balaban J connectivity index is 1.90. The van der Waals surface area contributed by atoms with Crippen LogP contribution in [-0.2, 0) is 17.6 Å². The largest absolute Gasteiger partial charge is 0.361 e. The van der Waals surface area contributed by atoms with Crippen LogP contribution in [0.3, 0.4) is 0 Å². The van der Waals surface area contributed by atoms with E-state index < -0.39 is 0 Å². The van der Waals surface area contributed by atoms with Crippen molar-refractivity contribution in [1.82, 2.24) is 10.5 Å². The fraction of sp³-hybridized carbons (Fsp3) is 0.375. The third-order valence-corrected chi connectivity index (χ3v) is 3.59. The fourth-order valence-electron chi connectivity index (χ4n) is 2.31. The van der Waals surface area contributed by atoms with Crippen molar-refractivity contribution in [3.63, 3.8) is 0 Å². The Labute approximate surface area is 129 Å². The SMILES string of the molecule is Cc1noc(C)c1CC(=O)NC(C)Cc1cccc(Cl)c1. The lowest BCUT2D eigenvalue weighted by atomic mass is 10.1. The van der Waals surface area contributed by atoms with Crippen LogP contribution < -0.4 is 5.32 Å². The van der Waals surface area contributed by atoms with E-state index >= 15 is 0 Å².